The standard InChI is InChI=1S/C25H26ClN3O5S/c1-3-15-34-23-14-9-19(16-24(23)33-2)17-27-28-25(30)18-29(21-12-10-20(26)11-13-21)35(31,32)22-7-5-4-6-8-22/h4-14,16-17H,3,15,18H2,1-2H3,(H,28,30). The highest BCUT2D eigenvalue weighted by Crippen LogP contribution is 2.28. The van der Waals surface area contributed by atoms with Crippen LogP contribution >= 0.6 is 11.6 Å². The SMILES string of the molecule is CCCOc1ccc(C=NNC(=O)CN(c2ccc(Cl)cc2)S(=O)(=O)c2ccccc2)cc1OC. The number of nitrogens with one attached hydrogen (secondary N) is 1. The van der Waals surface area contributed by atoms with Crippen molar-refractivity contribution < 1.29 is 22.7 Å². The third kappa shape index (κ3) is 6.97. The number of carbonyl (C=O) groups excluding carboxylic acids is 1. The van der Waals surface area contributed by atoms with Crippen LogP contribution in [-0.2, 0) is 14.8 Å². The summed E-state index contributed by atoms with van der Waals surface area (Å²) < 4.78 is 38.5. The maximum absolute atomic E-state index is 13.3. The lowest BCUT2D eigenvalue weighted by atomic mass is 10.2. The van der Waals surface area contributed by atoms with E-state index in [2.05, 4.69) is 10.5 Å². The second kappa shape index (κ2) is 12.2. The molecule has 0 bridgehead atoms. The summed E-state index contributed by atoms with van der Waals surface area (Å²) in [5.41, 5.74) is 3.34. The Morgan fingerprint density at radius 2 is 1.77 bits per heavy atom. The van der Waals surface area contributed by atoms with Gasteiger partial charge in [0, 0.05) is 5.02 Å². The molecule has 3 rings (SSSR count). The Morgan fingerprint density at radius 1 is 1.06 bits per heavy atom. The number of carbonyl (C=O) groups is 1. The number of anilines is 1. The molecule has 0 aliphatic heterocycles. The second-order valence-corrected chi connectivity index (χ2v) is 9.65. The number of methoxy groups -OCH3 is 1. The number of benzene rings is 3. The molecule has 184 valence electrons. The summed E-state index contributed by atoms with van der Waals surface area (Å²) in [4.78, 5) is 12.7. The minimum absolute atomic E-state index is 0.0590. The number of sulfonamides is 1. The Labute approximate surface area is 210 Å². The third-order valence-electron chi connectivity index (χ3n) is 4.79. The number of ether oxygens (including phenoxy) is 2. The highest BCUT2D eigenvalue weighted by Gasteiger charge is 2.27. The molecule has 0 aromatic heterocycles. The number of halogens is 1. The van der Waals surface area contributed by atoms with Gasteiger partial charge >= 0.3 is 0 Å². The van der Waals surface area contributed by atoms with Gasteiger partial charge in [-0.15, -0.1) is 0 Å². The second-order valence-electron chi connectivity index (χ2n) is 7.35. The molecular formula is C25H26ClN3O5S. The zero-order valence-electron chi connectivity index (χ0n) is 19.3. The molecule has 1 N–H and O–H groups in total. The van der Waals surface area contributed by atoms with Crippen LogP contribution in [0.25, 0.3) is 0 Å². The average Bonchev–Trinajstić information content (AvgIpc) is 2.87. The number of hydrogen-bond donors (Lipinski definition) is 1. The fourth-order valence-corrected chi connectivity index (χ4v) is 4.65. The summed E-state index contributed by atoms with van der Waals surface area (Å²) in [6.45, 7) is 2.09. The van der Waals surface area contributed by atoms with Gasteiger partial charge in [0.15, 0.2) is 11.5 Å². The molecule has 0 fully saturated rings. The van der Waals surface area contributed by atoms with E-state index in [9.17, 15) is 13.2 Å². The van der Waals surface area contributed by atoms with Crippen molar-refractivity contribution >= 4 is 39.4 Å². The molecule has 1 amide bonds. The minimum Gasteiger partial charge on any atom is -0.493 e. The molecule has 8 nitrogen and oxygen atoms in total. The number of amides is 1. The fraction of sp³-hybridized carbons (Fsp3) is 0.200. The van der Waals surface area contributed by atoms with Gasteiger partial charge < -0.3 is 9.47 Å². The maximum atomic E-state index is 13.3. The lowest BCUT2D eigenvalue weighted by Crippen LogP contribution is -2.39. The van der Waals surface area contributed by atoms with Crippen LogP contribution in [0.1, 0.15) is 18.9 Å². The van der Waals surface area contributed by atoms with Crippen LogP contribution in [-0.4, -0.2) is 40.8 Å². The van der Waals surface area contributed by atoms with Gasteiger partial charge in [-0.3, -0.25) is 9.10 Å². The van der Waals surface area contributed by atoms with Crippen LogP contribution < -0.4 is 19.2 Å². The van der Waals surface area contributed by atoms with E-state index >= 15 is 0 Å². The summed E-state index contributed by atoms with van der Waals surface area (Å²) in [5.74, 6) is 0.530. The van der Waals surface area contributed by atoms with E-state index in [4.69, 9.17) is 21.1 Å². The highest BCUT2D eigenvalue weighted by atomic mass is 35.5. The van der Waals surface area contributed by atoms with E-state index in [0.29, 0.717) is 34.4 Å². The summed E-state index contributed by atoms with van der Waals surface area (Å²) in [7, 11) is -2.48. The smallest absolute Gasteiger partial charge is 0.264 e. The van der Waals surface area contributed by atoms with Gasteiger partial charge in [0.2, 0.25) is 0 Å². The molecule has 10 heteroatoms. The number of rotatable bonds is 11. The van der Waals surface area contributed by atoms with Gasteiger partial charge in [-0.1, -0.05) is 36.7 Å². The van der Waals surface area contributed by atoms with E-state index in [1.807, 2.05) is 6.92 Å². The lowest BCUT2D eigenvalue weighted by Gasteiger charge is -2.23. The van der Waals surface area contributed by atoms with E-state index in [-0.39, 0.29) is 4.90 Å². The van der Waals surface area contributed by atoms with Crippen molar-refractivity contribution in [2.24, 2.45) is 5.10 Å². The van der Waals surface area contributed by atoms with Crippen molar-refractivity contribution in [2.45, 2.75) is 18.2 Å². The Balaban J connectivity index is 1.76. The molecule has 3 aromatic rings. The number of nitrogens with zero attached hydrogens (tertiary/aromatic N) is 2. The first-order valence-electron chi connectivity index (χ1n) is 10.8. The molecule has 0 unspecified atom stereocenters. The van der Waals surface area contributed by atoms with Gasteiger partial charge in [-0.25, -0.2) is 13.8 Å². The lowest BCUT2D eigenvalue weighted by molar-refractivity contribution is -0.119. The summed E-state index contributed by atoms with van der Waals surface area (Å²) in [6, 6.07) is 19.3. The van der Waals surface area contributed by atoms with Crippen molar-refractivity contribution in [1.82, 2.24) is 5.43 Å². The van der Waals surface area contributed by atoms with E-state index < -0.39 is 22.5 Å². The first kappa shape index (κ1) is 26.1. The van der Waals surface area contributed by atoms with Crippen LogP contribution in [0, 0.1) is 0 Å². The molecule has 0 saturated heterocycles. The highest BCUT2D eigenvalue weighted by molar-refractivity contribution is 7.92. The molecule has 0 saturated carbocycles. The van der Waals surface area contributed by atoms with Crippen LogP contribution in [0.4, 0.5) is 5.69 Å². The van der Waals surface area contributed by atoms with Crippen molar-refractivity contribution in [3.63, 3.8) is 0 Å². The first-order chi connectivity index (χ1) is 16.8. The van der Waals surface area contributed by atoms with Crippen molar-refractivity contribution in [1.29, 1.82) is 0 Å². The quantitative estimate of drug-likeness (QED) is 0.300. The van der Waals surface area contributed by atoms with Crippen molar-refractivity contribution in [3.8, 4) is 11.5 Å². The molecule has 0 aliphatic rings. The predicted octanol–water partition coefficient (Wildman–Crippen LogP) is 4.48. The van der Waals surface area contributed by atoms with Gasteiger partial charge in [-0.05, 0) is 66.6 Å². The summed E-state index contributed by atoms with van der Waals surface area (Å²) >= 11 is 5.95. The molecule has 35 heavy (non-hydrogen) atoms. The van der Waals surface area contributed by atoms with E-state index in [1.165, 1.54) is 37.6 Å². The van der Waals surface area contributed by atoms with Crippen molar-refractivity contribution in [2.75, 3.05) is 24.6 Å². The predicted molar refractivity (Wildman–Crippen MR) is 137 cm³/mol. The Morgan fingerprint density at radius 3 is 2.43 bits per heavy atom. The van der Waals surface area contributed by atoms with Crippen LogP contribution in [0.5, 0.6) is 11.5 Å². The topological polar surface area (TPSA) is 97.3 Å². The Hall–Kier alpha value is -3.56. The maximum Gasteiger partial charge on any atom is 0.264 e. The zero-order valence-corrected chi connectivity index (χ0v) is 20.9. The molecule has 0 atom stereocenters. The van der Waals surface area contributed by atoms with Gasteiger partial charge in [-0.2, -0.15) is 5.10 Å². The summed E-state index contributed by atoms with van der Waals surface area (Å²) in [6.07, 6.45) is 2.30. The number of hydrogen-bond acceptors (Lipinski definition) is 6. The Bertz CT molecular complexity index is 1270. The third-order valence-corrected chi connectivity index (χ3v) is 6.83. The fourth-order valence-electron chi connectivity index (χ4n) is 3.08. The molecule has 0 spiro atoms. The minimum atomic E-state index is -4.01. The monoisotopic (exact) mass is 515 g/mol. The Kier molecular flexibility index (Phi) is 9.11. The van der Waals surface area contributed by atoms with Gasteiger partial charge in [0.1, 0.15) is 6.54 Å². The molecular weight excluding hydrogens is 490 g/mol. The van der Waals surface area contributed by atoms with Crippen LogP contribution in [0.2, 0.25) is 5.02 Å². The first-order valence-corrected chi connectivity index (χ1v) is 12.6. The number of hydrazone groups is 1. The van der Waals surface area contributed by atoms with Gasteiger partial charge in [0.25, 0.3) is 15.9 Å². The average molecular weight is 516 g/mol. The van der Waals surface area contributed by atoms with Crippen LogP contribution in [0.3, 0.4) is 0 Å². The molecule has 0 radical (unpaired) electrons. The zero-order chi connectivity index (χ0) is 25.3. The van der Waals surface area contributed by atoms with Crippen LogP contribution in [0.15, 0.2) is 82.8 Å². The van der Waals surface area contributed by atoms with Gasteiger partial charge in [0.05, 0.1) is 30.5 Å². The molecule has 0 heterocycles. The summed E-state index contributed by atoms with van der Waals surface area (Å²) in [5, 5.41) is 4.41. The normalized spacial score (nSPS) is 11.3. The van der Waals surface area contributed by atoms with E-state index in [1.54, 1.807) is 48.5 Å². The molecule has 0 aliphatic carbocycles. The van der Waals surface area contributed by atoms with Crippen molar-refractivity contribution in [3.05, 3.63) is 83.4 Å². The van der Waals surface area contributed by atoms with E-state index in [0.717, 1.165) is 10.7 Å². The molecule has 3 aromatic carbocycles. The largest absolute Gasteiger partial charge is 0.493 e.